The number of rotatable bonds is 11. The predicted molar refractivity (Wildman–Crippen MR) is 137 cm³/mol. The number of anilines is 1. The number of nitrogens with two attached hydrogens (primary N) is 1. The predicted octanol–water partition coefficient (Wildman–Crippen LogP) is 0.916. The lowest BCUT2D eigenvalue weighted by atomic mass is 10.0. The molecule has 3 aromatic rings. The Balaban J connectivity index is 1.19. The van der Waals surface area contributed by atoms with Gasteiger partial charge in [0.25, 0.3) is 0 Å². The largest absolute Gasteiger partial charge is 0.481 e. The molecule has 0 saturated carbocycles. The van der Waals surface area contributed by atoms with Crippen LogP contribution in [0, 0.1) is 5.82 Å². The fraction of sp³-hybridized carbons (Fsp3) is 0.320. The van der Waals surface area contributed by atoms with Crippen molar-refractivity contribution in [2.24, 2.45) is 10.9 Å². The number of carbonyl (C=O) groups is 3. The maximum atomic E-state index is 15.1. The normalized spacial score (nSPS) is 19.2. The number of carboxylic acids is 1. The molecule has 2 aromatic heterocycles. The number of hydrogen-bond donors (Lipinski definition) is 3. The van der Waals surface area contributed by atoms with Gasteiger partial charge in [-0.05, 0) is 24.3 Å². The number of hydrogen-bond acceptors (Lipinski definition) is 10. The number of ether oxygens (including phenoxy) is 1. The van der Waals surface area contributed by atoms with Gasteiger partial charge in [-0.1, -0.05) is 16.4 Å². The van der Waals surface area contributed by atoms with Crippen molar-refractivity contribution in [3.05, 3.63) is 60.4 Å². The Hall–Kier alpha value is -4.92. The maximum Gasteiger partial charge on any atom is 0.414 e. The van der Waals surface area contributed by atoms with E-state index in [0.29, 0.717) is 41.2 Å². The molecule has 5 rings (SSSR count). The number of amides is 2. The number of nitrogens with zero attached hydrogens (tertiary/aromatic N) is 6. The number of carbonyl (C=O) groups excluding carboxylic acids is 2. The second kappa shape index (κ2) is 11.4. The number of aliphatic carboxylic acids is 1. The fourth-order valence-corrected chi connectivity index (χ4v) is 4.41. The summed E-state index contributed by atoms with van der Waals surface area (Å²) in [5.41, 5.74) is 7.51. The van der Waals surface area contributed by atoms with Gasteiger partial charge in [0.1, 0.15) is 23.7 Å². The highest BCUT2D eigenvalue weighted by Gasteiger charge is 2.33. The molecular weight excluding hydrogens is 527 g/mol. The zero-order chi connectivity index (χ0) is 28.2. The van der Waals surface area contributed by atoms with Crippen LogP contribution in [-0.4, -0.2) is 80.1 Å². The molecule has 15 heteroatoms. The van der Waals surface area contributed by atoms with Gasteiger partial charge in [-0.15, -0.1) is 5.10 Å². The van der Waals surface area contributed by atoms with Crippen LogP contribution in [0.2, 0.25) is 0 Å². The van der Waals surface area contributed by atoms with E-state index in [1.807, 2.05) is 0 Å². The summed E-state index contributed by atoms with van der Waals surface area (Å²) in [6.45, 7) is 0.749. The van der Waals surface area contributed by atoms with Gasteiger partial charge < -0.3 is 25.7 Å². The van der Waals surface area contributed by atoms with Crippen LogP contribution in [0.1, 0.15) is 18.5 Å². The summed E-state index contributed by atoms with van der Waals surface area (Å²) in [6.07, 6.45) is 3.18. The summed E-state index contributed by atoms with van der Waals surface area (Å²) in [7, 11) is 0. The SMILES string of the molecule is NC(=O)[C@H](CC(=O)O)NC[C@@H]1CC(c2ccc(-c3ccc(N4CC(Cn5ccnn5)OC4=O)cc3F)cn2)=NO1. The Bertz CT molecular complexity index is 1430. The molecule has 0 bridgehead atoms. The van der Waals surface area contributed by atoms with Crippen LogP contribution >= 0.6 is 0 Å². The first-order valence-electron chi connectivity index (χ1n) is 12.3. The molecule has 4 heterocycles. The number of benzene rings is 1. The Labute approximate surface area is 226 Å². The fourth-order valence-electron chi connectivity index (χ4n) is 4.41. The van der Waals surface area contributed by atoms with Crippen LogP contribution < -0.4 is 16.0 Å². The average Bonchev–Trinajstić information content (AvgIpc) is 3.68. The minimum absolute atomic E-state index is 0.162. The highest BCUT2D eigenvalue weighted by atomic mass is 19.1. The second-order valence-corrected chi connectivity index (χ2v) is 9.27. The van der Waals surface area contributed by atoms with E-state index in [-0.39, 0.29) is 13.1 Å². The highest BCUT2D eigenvalue weighted by molar-refractivity contribution is 6.00. The summed E-state index contributed by atoms with van der Waals surface area (Å²) in [6, 6.07) is 6.84. The molecule has 14 nitrogen and oxygen atoms in total. The van der Waals surface area contributed by atoms with Gasteiger partial charge in [0.05, 0.1) is 43.1 Å². The Kier molecular flexibility index (Phi) is 7.63. The summed E-state index contributed by atoms with van der Waals surface area (Å²) in [5.74, 6) is -2.45. The number of halogens is 1. The molecule has 1 unspecified atom stereocenters. The maximum absolute atomic E-state index is 15.1. The van der Waals surface area contributed by atoms with Crippen molar-refractivity contribution < 1.29 is 33.5 Å². The molecule has 1 saturated heterocycles. The van der Waals surface area contributed by atoms with E-state index in [1.54, 1.807) is 35.1 Å². The number of primary amides is 1. The number of aromatic nitrogens is 4. The number of cyclic esters (lactones) is 1. The third-order valence-corrected chi connectivity index (χ3v) is 6.42. The van der Waals surface area contributed by atoms with E-state index in [4.69, 9.17) is 20.4 Å². The van der Waals surface area contributed by atoms with Gasteiger partial charge >= 0.3 is 12.1 Å². The summed E-state index contributed by atoms with van der Waals surface area (Å²) in [5, 5.41) is 23.3. The zero-order valence-electron chi connectivity index (χ0n) is 21.0. The minimum atomic E-state index is -1.15. The van der Waals surface area contributed by atoms with E-state index < -0.39 is 48.5 Å². The van der Waals surface area contributed by atoms with E-state index in [2.05, 4.69) is 25.8 Å². The molecule has 0 aliphatic carbocycles. The average molecular weight is 553 g/mol. The Morgan fingerprint density at radius 3 is 2.77 bits per heavy atom. The first kappa shape index (κ1) is 26.7. The van der Waals surface area contributed by atoms with E-state index in [1.165, 1.54) is 23.4 Å². The number of oxime groups is 1. The Morgan fingerprint density at radius 1 is 1.25 bits per heavy atom. The first-order chi connectivity index (χ1) is 19.3. The number of carboxylic acid groups (broad SMARTS) is 1. The molecule has 0 spiro atoms. The lowest BCUT2D eigenvalue weighted by Crippen LogP contribution is -2.45. The molecule has 2 aliphatic rings. The van der Waals surface area contributed by atoms with Crippen LogP contribution in [0.5, 0.6) is 0 Å². The van der Waals surface area contributed by atoms with E-state index in [9.17, 15) is 14.4 Å². The van der Waals surface area contributed by atoms with Crippen molar-refractivity contribution in [3.8, 4) is 11.1 Å². The van der Waals surface area contributed by atoms with Gasteiger partial charge in [-0.25, -0.2) is 13.9 Å². The van der Waals surface area contributed by atoms with Gasteiger partial charge in [-0.2, -0.15) is 0 Å². The molecule has 1 fully saturated rings. The van der Waals surface area contributed by atoms with Gasteiger partial charge in [0.15, 0.2) is 0 Å². The molecule has 2 amide bonds. The van der Waals surface area contributed by atoms with E-state index >= 15 is 4.39 Å². The molecule has 3 atom stereocenters. The van der Waals surface area contributed by atoms with Crippen molar-refractivity contribution in [3.63, 3.8) is 0 Å². The topological polar surface area (TPSA) is 187 Å². The molecule has 4 N–H and O–H groups in total. The zero-order valence-corrected chi connectivity index (χ0v) is 21.0. The first-order valence-corrected chi connectivity index (χ1v) is 12.3. The lowest BCUT2D eigenvalue weighted by Gasteiger charge is -2.15. The van der Waals surface area contributed by atoms with Crippen LogP contribution in [0.3, 0.4) is 0 Å². The molecule has 0 radical (unpaired) electrons. The lowest BCUT2D eigenvalue weighted by molar-refractivity contribution is -0.139. The highest BCUT2D eigenvalue weighted by Crippen LogP contribution is 2.29. The number of pyridine rings is 1. The van der Waals surface area contributed by atoms with Gasteiger partial charge in [0, 0.05) is 36.5 Å². The summed E-state index contributed by atoms with van der Waals surface area (Å²) < 4.78 is 22.0. The van der Waals surface area contributed by atoms with Crippen LogP contribution in [0.25, 0.3) is 11.1 Å². The van der Waals surface area contributed by atoms with Crippen molar-refractivity contribution >= 4 is 29.4 Å². The van der Waals surface area contributed by atoms with Crippen LogP contribution in [0.4, 0.5) is 14.9 Å². The standard InChI is InChI=1S/C25H25FN8O6/c26-19-7-15(34-13-17(39-25(34)38)12-33-6-5-30-32-33)2-3-18(19)14-1-4-20(28-10-14)21-8-16(40-31-21)11-29-22(24(27)37)9-23(35)36/h1-7,10,16-17,22,29H,8-9,11-13H2,(H2,27,37)(H,35,36)/t16-,17?,22-/m0/s1. The third-order valence-electron chi connectivity index (χ3n) is 6.42. The van der Waals surface area contributed by atoms with Gasteiger partial charge in [0.2, 0.25) is 5.91 Å². The van der Waals surface area contributed by atoms with Crippen molar-refractivity contribution in [2.45, 2.75) is 37.6 Å². The summed E-state index contributed by atoms with van der Waals surface area (Å²) in [4.78, 5) is 45.8. The number of nitrogens with one attached hydrogen (secondary N) is 1. The monoisotopic (exact) mass is 552 g/mol. The van der Waals surface area contributed by atoms with Crippen molar-refractivity contribution in [2.75, 3.05) is 18.0 Å². The summed E-state index contributed by atoms with van der Waals surface area (Å²) >= 11 is 0. The minimum Gasteiger partial charge on any atom is -0.481 e. The Morgan fingerprint density at radius 2 is 2.10 bits per heavy atom. The van der Waals surface area contributed by atoms with Crippen molar-refractivity contribution in [1.29, 1.82) is 0 Å². The molecule has 1 aromatic carbocycles. The third kappa shape index (κ3) is 6.04. The van der Waals surface area contributed by atoms with E-state index in [0.717, 1.165) is 0 Å². The molecule has 40 heavy (non-hydrogen) atoms. The smallest absolute Gasteiger partial charge is 0.414 e. The van der Waals surface area contributed by atoms with Crippen LogP contribution in [-0.2, 0) is 25.7 Å². The second-order valence-electron chi connectivity index (χ2n) is 9.27. The molecular formula is C25H25FN8O6. The van der Waals surface area contributed by atoms with Crippen LogP contribution in [0.15, 0.2) is 54.1 Å². The molecule has 208 valence electrons. The molecule has 2 aliphatic heterocycles. The quantitative estimate of drug-likeness (QED) is 0.309. The van der Waals surface area contributed by atoms with Gasteiger partial charge in [-0.3, -0.25) is 19.5 Å². The van der Waals surface area contributed by atoms with Crippen molar-refractivity contribution in [1.82, 2.24) is 25.3 Å².